The first-order valence-electron chi connectivity index (χ1n) is 3.79. The SMILES string of the molecule is COC(=O)/C(Cl)=C/OC(=O)C1CC1. The molecule has 1 fully saturated rings. The molecule has 0 bridgehead atoms. The Kier molecular flexibility index (Phi) is 3.31. The first kappa shape index (κ1) is 10.1. The highest BCUT2D eigenvalue weighted by Gasteiger charge is 2.31. The van der Waals surface area contributed by atoms with Gasteiger partial charge in [-0.2, -0.15) is 0 Å². The van der Waals surface area contributed by atoms with Gasteiger partial charge in [-0.1, -0.05) is 11.6 Å². The monoisotopic (exact) mass is 204 g/mol. The van der Waals surface area contributed by atoms with Crippen LogP contribution in [-0.4, -0.2) is 19.0 Å². The van der Waals surface area contributed by atoms with Crippen LogP contribution in [0, 0.1) is 5.92 Å². The third kappa shape index (κ3) is 3.06. The Morgan fingerprint density at radius 3 is 2.54 bits per heavy atom. The van der Waals surface area contributed by atoms with Crippen LogP contribution in [0.2, 0.25) is 0 Å². The van der Waals surface area contributed by atoms with E-state index >= 15 is 0 Å². The van der Waals surface area contributed by atoms with E-state index in [0.29, 0.717) is 0 Å². The summed E-state index contributed by atoms with van der Waals surface area (Å²) in [4.78, 5) is 21.6. The summed E-state index contributed by atoms with van der Waals surface area (Å²) in [6.45, 7) is 0. The summed E-state index contributed by atoms with van der Waals surface area (Å²) in [5, 5.41) is -0.239. The van der Waals surface area contributed by atoms with Crippen molar-refractivity contribution in [3.63, 3.8) is 0 Å². The molecule has 72 valence electrons. The molecule has 0 spiro atoms. The fourth-order valence-corrected chi connectivity index (χ4v) is 0.792. The maximum atomic E-state index is 10.9. The predicted octanol–water partition coefficient (Wildman–Crippen LogP) is 1.19. The Morgan fingerprint density at radius 1 is 1.46 bits per heavy atom. The van der Waals surface area contributed by atoms with Gasteiger partial charge in [-0.05, 0) is 12.8 Å². The van der Waals surface area contributed by atoms with Crippen molar-refractivity contribution in [3.05, 3.63) is 11.3 Å². The lowest BCUT2D eigenvalue weighted by atomic mass is 10.4. The van der Waals surface area contributed by atoms with Crippen LogP contribution in [0.1, 0.15) is 12.8 Å². The lowest BCUT2D eigenvalue weighted by Crippen LogP contribution is -2.05. The number of esters is 2. The van der Waals surface area contributed by atoms with Gasteiger partial charge in [-0.3, -0.25) is 4.79 Å². The molecular formula is C8H9ClO4. The van der Waals surface area contributed by atoms with Crippen molar-refractivity contribution in [3.8, 4) is 0 Å². The molecule has 0 aromatic carbocycles. The average Bonchev–Trinajstić information content (AvgIpc) is 2.95. The second-order valence-electron chi connectivity index (χ2n) is 2.67. The topological polar surface area (TPSA) is 52.6 Å². The summed E-state index contributed by atoms with van der Waals surface area (Å²) in [6.07, 6.45) is 2.61. The number of carbonyl (C=O) groups excluding carboxylic acids is 2. The Balaban J connectivity index is 2.37. The van der Waals surface area contributed by atoms with Crippen LogP contribution in [0.15, 0.2) is 11.3 Å². The number of rotatable bonds is 3. The molecule has 1 aliphatic rings. The molecule has 1 rings (SSSR count). The summed E-state index contributed by atoms with van der Waals surface area (Å²) in [5.74, 6) is -1.08. The molecule has 0 radical (unpaired) electrons. The van der Waals surface area contributed by atoms with E-state index < -0.39 is 5.97 Å². The smallest absolute Gasteiger partial charge is 0.352 e. The lowest BCUT2D eigenvalue weighted by molar-refractivity contribution is -0.139. The van der Waals surface area contributed by atoms with E-state index in [9.17, 15) is 9.59 Å². The zero-order valence-electron chi connectivity index (χ0n) is 7.08. The average molecular weight is 205 g/mol. The van der Waals surface area contributed by atoms with E-state index in [1.807, 2.05) is 0 Å². The predicted molar refractivity (Wildman–Crippen MR) is 44.8 cm³/mol. The maximum absolute atomic E-state index is 10.9. The minimum Gasteiger partial charge on any atom is -0.465 e. The fourth-order valence-electron chi connectivity index (χ4n) is 0.671. The first-order chi connectivity index (χ1) is 6.15. The number of halogens is 1. The molecule has 13 heavy (non-hydrogen) atoms. The summed E-state index contributed by atoms with van der Waals surface area (Å²) in [5.41, 5.74) is 0. The number of methoxy groups -OCH3 is 1. The van der Waals surface area contributed by atoms with Gasteiger partial charge in [-0.25, -0.2) is 4.79 Å². The second-order valence-corrected chi connectivity index (χ2v) is 3.08. The summed E-state index contributed by atoms with van der Waals surface area (Å²) in [6, 6.07) is 0. The normalized spacial score (nSPS) is 16.6. The molecule has 0 saturated heterocycles. The third-order valence-electron chi connectivity index (χ3n) is 1.57. The zero-order valence-corrected chi connectivity index (χ0v) is 7.84. The van der Waals surface area contributed by atoms with Crippen molar-refractivity contribution < 1.29 is 19.1 Å². The third-order valence-corrected chi connectivity index (χ3v) is 1.81. The molecule has 5 heteroatoms. The molecule has 0 heterocycles. The Bertz CT molecular complexity index is 255. The molecular weight excluding hydrogens is 196 g/mol. The quantitative estimate of drug-likeness (QED) is 0.394. The van der Waals surface area contributed by atoms with Crippen LogP contribution in [0.5, 0.6) is 0 Å². The molecule has 1 saturated carbocycles. The van der Waals surface area contributed by atoms with E-state index in [1.165, 1.54) is 7.11 Å². The molecule has 0 aromatic heterocycles. The molecule has 0 aromatic rings. The minimum atomic E-state index is -0.717. The van der Waals surface area contributed by atoms with Gasteiger partial charge >= 0.3 is 11.9 Å². The van der Waals surface area contributed by atoms with E-state index in [0.717, 1.165) is 19.1 Å². The van der Waals surface area contributed by atoms with Crippen LogP contribution < -0.4 is 0 Å². The fraction of sp³-hybridized carbons (Fsp3) is 0.500. The molecule has 1 aliphatic carbocycles. The zero-order chi connectivity index (χ0) is 9.84. The summed E-state index contributed by atoms with van der Waals surface area (Å²) < 4.78 is 8.91. The van der Waals surface area contributed by atoms with Crippen LogP contribution in [0.3, 0.4) is 0 Å². The van der Waals surface area contributed by atoms with Crippen molar-refractivity contribution in [2.45, 2.75) is 12.8 Å². The van der Waals surface area contributed by atoms with E-state index in [1.54, 1.807) is 0 Å². The van der Waals surface area contributed by atoms with Gasteiger partial charge in [0, 0.05) is 0 Å². The molecule has 0 aliphatic heterocycles. The highest BCUT2D eigenvalue weighted by molar-refractivity contribution is 6.41. The van der Waals surface area contributed by atoms with Gasteiger partial charge in [0.15, 0.2) is 5.03 Å². The minimum absolute atomic E-state index is 0.0154. The van der Waals surface area contributed by atoms with Crippen molar-refractivity contribution in [2.75, 3.05) is 7.11 Å². The van der Waals surface area contributed by atoms with E-state index in [2.05, 4.69) is 9.47 Å². The highest BCUT2D eigenvalue weighted by atomic mass is 35.5. The molecule has 4 nitrogen and oxygen atoms in total. The second kappa shape index (κ2) is 4.28. The van der Waals surface area contributed by atoms with Crippen molar-refractivity contribution in [2.24, 2.45) is 5.92 Å². The van der Waals surface area contributed by atoms with Crippen LogP contribution >= 0.6 is 11.6 Å². The molecule has 0 amide bonds. The van der Waals surface area contributed by atoms with Crippen molar-refractivity contribution >= 4 is 23.5 Å². The summed E-state index contributed by atoms with van der Waals surface area (Å²) >= 11 is 5.41. The summed E-state index contributed by atoms with van der Waals surface area (Å²) in [7, 11) is 1.20. The van der Waals surface area contributed by atoms with E-state index in [-0.39, 0.29) is 16.9 Å². The first-order valence-corrected chi connectivity index (χ1v) is 4.17. The highest BCUT2D eigenvalue weighted by Crippen LogP contribution is 2.30. The van der Waals surface area contributed by atoms with Gasteiger partial charge in [0.25, 0.3) is 0 Å². The van der Waals surface area contributed by atoms with Gasteiger partial charge in [0.05, 0.1) is 13.0 Å². The van der Waals surface area contributed by atoms with Gasteiger partial charge in [-0.15, -0.1) is 0 Å². The van der Waals surface area contributed by atoms with Crippen molar-refractivity contribution in [1.82, 2.24) is 0 Å². The number of hydrogen-bond donors (Lipinski definition) is 0. The van der Waals surface area contributed by atoms with Crippen LogP contribution in [-0.2, 0) is 19.1 Å². The van der Waals surface area contributed by atoms with Crippen molar-refractivity contribution in [1.29, 1.82) is 0 Å². The largest absolute Gasteiger partial charge is 0.465 e. The number of carbonyl (C=O) groups is 2. The molecule has 0 N–H and O–H groups in total. The molecule has 0 unspecified atom stereocenters. The maximum Gasteiger partial charge on any atom is 0.352 e. The van der Waals surface area contributed by atoms with Gasteiger partial charge in [0.1, 0.15) is 6.26 Å². The van der Waals surface area contributed by atoms with Gasteiger partial charge in [0.2, 0.25) is 0 Å². The Morgan fingerprint density at radius 2 is 2.08 bits per heavy atom. The Labute approximate surface area is 80.5 Å². The number of hydrogen-bond acceptors (Lipinski definition) is 4. The lowest BCUT2D eigenvalue weighted by Gasteiger charge is -1.97. The van der Waals surface area contributed by atoms with E-state index in [4.69, 9.17) is 11.6 Å². The van der Waals surface area contributed by atoms with Gasteiger partial charge < -0.3 is 9.47 Å². The standard InChI is InChI=1S/C8H9ClO4/c1-12-8(11)6(9)4-13-7(10)5-2-3-5/h4-5H,2-3H2,1H3/b6-4-. The Hall–Kier alpha value is -1.03. The number of ether oxygens (including phenoxy) is 2. The van der Waals surface area contributed by atoms with Crippen LogP contribution in [0.4, 0.5) is 0 Å². The molecule has 0 atom stereocenters. The van der Waals surface area contributed by atoms with Crippen LogP contribution in [0.25, 0.3) is 0 Å².